The van der Waals surface area contributed by atoms with Crippen LogP contribution in [-0.2, 0) is 25.8 Å². The molecule has 23 heavy (non-hydrogen) atoms. The Morgan fingerprint density at radius 2 is 2.13 bits per heavy atom. The van der Waals surface area contributed by atoms with E-state index in [9.17, 15) is 13.2 Å². The minimum Gasteiger partial charge on any atom is -0.465 e. The highest BCUT2D eigenvalue weighted by atomic mass is 79.9. The molecule has 1 heterocycles. The van der Waals surface area contributed by atoms with E-state index in [1.165, 1.54) is 18.3 Å². The van der Waals surface area contributed by atoms with Crippen molar-refractivity contribution in [1.82, 2.24) is 4.98 Å². The fourth-order valence-corrected chi connectivity index (χ4v) is 4.47. The van der Waals surface area contributed by atoms with E-state index in [0.29, 0.717) is 6.42 Å². The van der Waals surface area contributed by atoms with Crippen LogP contribution in [0.15, 0.2) is 22.7 Å². The number of carbonyl (C=O) groups is 1. The fourth-order valence-electron chi connectivity index (χ4n) is 2.12. The van der Waals surface area contributed by atoms with E-state index in [1.807, 2.05) is 18.2 Å². The van der Waals surface area contributed by atoms with E-state index in [1.54, 1.807) is 6.92 Å². The molecule has 0 aliphatic rings. The monoisotopic (exact) mass is 419 g/mol. The van der Waals surface area contributed by atoms with Crippen LogP contribution in [0.1, 0.15) is 25.3 Å². The summed E-state index contributed by atoms with van der Waals surface area (Å²) in [6.45, 7) is 3.23. The molecular weight excluding hydrogens is 402 g/mol. The third-order valence-corrected chi connectivity index (χ3v) is 7.32. The average Bonchev–Trinajstić information content (AvgIpc) is 2.85. The maximum absolute atomic E-state index is 12.1. The van der Waals surface area contributed by atoms with E-state index < -0.39 is 20.6 Å². The van der Waals surface area contributed by atoms with Crippen LogP contribution in [0.25, 0.3) is 10.2 Å². The number of halogens is 1. The lowest BCUT2D eigenvalue weighted by atomic mass is 10.1. The molecule has 2 rings (SSSR count). The molecule has 1 unspecified atom stereocenters. The van der Waals surface area contributed by atoms with Gasteiger partial charge >= 0.3 is 5.97 Å². The van der Waals surface area contributed by atoms with Gasteiger partial charge < -0.3 is 4.74 Å². The van der Waals surface area contributed by atoms with Gasteiger partial charge in [0.1, 0.15) is 0 Å². The van der Waals surface area contributed by atoms with E-state index in [0.717, 1.165) is 26.0 Å². The van der Waals surface area contributed by atoms with Gasteiger partial charge in [0, 0.05) is 17.1 Å². The van der Waals surface area contributed by atoms with Gasteiger partial charge in [-0.25, -0.2) is 13.4 Å². The standard InChI is InChI=1S/C15H18BrNO4S2/c1-4-21-14(18)15(2,23(3,19)20)8-7-13-17-11-6-5-10(16)9-12(11)22-13/h5-6,9H,4,7-8H2,1-3H3. The number of hydrogen-bond donors (Lipinski definition) is 0. The summed E-state index contributed by atoms with van der Waals surface area (Å²) in [6.07, 6.45) is 1.62. The Morgan fingerprint density at radius 3 is 2.74 bits per heavy atom. The van der Waals surface area contributed by atoms with Gasteiger partial charge in [0.25, 0.3) is 0 Å². The first-order chi connectivity index (χ1) is 10.7. The number of hydrogen-bond acceptors (Lipinski definition) is 6. The molecule has 1 atom stereocenters. The van der Waals surface area contributed by atoms with Crippen molar-refractivity contribution in [3.63, 3.8) is 0 Å². The first-order valence-corrected chi connectivity index (χ1v) is 10.6. The van der Waals surface area contributed by atoms with Gasteiger partial charge in [0.15, 0.2) is 14.6 Å². The molecule has 0 saturated heterocycles. The maximum Gasteiger partial charge on any atom is 0.327 e. The van der Waals surface area contributed by atoms with Crippen molar-refractivity contribution in [3.8, 4) is 0 Å². The lowest BCUT2D eigenvalue weighted by Gasteiger charge is -2.24. The Bertz CT molecular complexity index is 831. The quantitative estimate of drug-likeness (QED) is 0.670. The first kappa shape index (κ1) is 18.4. The fraction of sp³-hybridized carbons (Fsp3) is 0.467. The lowest BCUT2D eigenvalue weighted by Crippen LogP contribution is -2.44. The number of aryl methyl sites for hydroxylation is 1. The average molecular weight is 420 g/mol. The van der Waals surface area contributed by atoms with Gasteiger partial charge in [-0.3, -0.25) is 4.79 Å². The first-order valence-electron chi connectivity index (χ1n) is 7.09. The number of nitrogens with zero attached hydrogens (tertiary/aromatic N) is 1. The molecule has 0 bridgehead atoms. The lowest BCUT2D eigenvalue weighted by molar-refractivity contribution is -0.146. The molecule has 126 valence electrons. The third-order valence-electron chi connectivity index (χ3n) is 3.74. The van der Waals surface area contributed by atoms with Crippen molar-refractivity contribution >= 4 is 53.3 Å². The zero-order valence-electron chi connectivity index (χ0n) is 13.1. The number of rotatable bonds is 6. The molecule has 0 aliphatic carbocycles. The van der Waals surface area contributed by atoms with Crippen molar-refractivity contribution in [3.05, 3.63) is 27.7 Å². The number of aromatic nitrogens is 1. The summed E-state index contributed by atoms with van der Waals surface area (Å²) >= 11 is 4.91. The minimum absolute atomic E-state index is 0.145. The molecule has 2 aromatic rings. The van der Waals surface area contributed by atoms with Gasteiger partial charge in [-0.2, -0.15) is 0 Å². The highest BCUT2D eigenvalue weighted by Gasteiger charge is 2.44. The van der Waals surface area contributed by atoms with Crippen LogP contribution in [0.4, 0.5) is 0 Å². The van der Waals surface area contributed by atoms with Crippen LogP contribution in [-0.4, -0.2) is 37.0 Å². The molecule has 0 spiro atoms. The SMILES string of the molecule is CCOC(=O)C(C)(CCc1nc2ccc(Br)cc2s1)S(C)(=O)=O. The molecule has 0 N–H and O–H groups in total. The maximum atomic E-state index is 12.1. The van der Waals surface area contributed by atoms with Crippen LogP contribution >= 0.6 is 27.3 Å². The number of ether oxygens (including phenoxy) is 1. The molecule has 0 amide bonds. The molecule has 1 aromatic carbocycles. The Hall–Kier alpha value is -0.990. The van der Waals surface area contributed by atoms with Crippen LogP contribution in [0.5, 0.6) is 0 Å². The van der Waals surface area contributed by atoms with Crippen molar-refractivity contribution in [1.29, 1.82) is 0 Å². The molecule has 8 heteroatoms. The number of carbonyl (C=O) groups excluding carboxylic acids is 1. The predicted octanol–water partition coefficient (Wildman–Crippen LogP) is 3.36. The summed E-state index contributed by atoms with van der Waals surface area (Å²) in [7, 11) is -3.60. The summed E-state index contributed by atoms with van der Waals surface area (Å²) in [4.78, 5) is 16.6. The Morgan fingerprint density at radius 1 is 1.43 bits per heavy atom. The molecule has 0 radical (unpaired) electrons. The Kier molecular flexibility index (Phi) is 5.48. The second-order valence-corrected chi connectivity index (χ2v) is 9.92. The molecule has 5 nitrogen and oxygen atoms in total. The summed E-state index contributed by atoms with van der Waals surface area (Å²) in [5, 5.41) is 0.803. The van der Waals surface area contributed by atoms with E-state index in [4.69, 9.17) is 4.74 Å². The third kappa shape index (κ3) is 3.92. The highest BCUT2D eigenvalue weighted by molar-refractivity contribution is 9.10. The normalized spacial score (nSPS) is 14.6. The number of fused-ring (bicyclic) bond motifs is 1. The largest absolute Gasteiger partial charge is 0.465 e. The molecule has 1 aromatic heterocycles. The van der Waals surface area contributed by atoms with Gasteiger partial charge in [-0.15, -0.1) is 11.3 Å². The topological polar surface area (TPSA) is 73.3 Å². The molecule has 0 aliphatic heterocycles. The minimum atomic E-state index is -3.60. The van der Waals surface area contributed by atoms with Crippen LogP contribution in [0.2, 0.25) is 0 Å². The summed E-state index contributed by atoms with van der Waals surface area (Å²) in [5.41, 5.74) is 0.866. The summed E-state index contributed by atoms with van der Waals surface area (Å²) < 4.78 is 29.6. The van der Waals surface area contributed by atoms with Crippen molar-refractivity contribution in [2.24, 2.45) is 0 Å². The molecule has 0 saturated carbocycles. The summed E-state index contributed by atoms with van der Waals surface area (Å²) in [5.74, 6) is -0.702. The van der Waals surface area contributed by atoms with Crippen molar-refractivity contribution in [2.75, 3.05) is 12.9 Å². The van der Waals surface area contributed by atoms with E-state index in [2.05, 4.69) is 20.9 Å². The number of benzene rings is 1. The van der Waals surface area contributed by atoms with Crippen molar-refractivity contribution < 1.29 is 17.9 Å². The Labute approximate surface area is 148 Å². The zero-order valence-corrected chi connectivity index (χ0v) is 16.3. The zero-order chi connectivity index (χ0) is 17.3. The second-order valence-electron chi connectivity index (χ2n) is 5.44. The van der Waals surface area contributed by atoms with E-state index in [-0.39, 0.29) is 13.0 Å². The van der Waals surface area contributed by atoms with Crippen LogP contribution in [0, 0.1) is 0 Å². The number of sulfone groups is 1. The van der Waals surface area contributed by atoms with Crippen LogP contribution < -0.4 is 0 Å². The van der Waals surface area contributed by atoms with Crippen molar-refractivity contribution in [2.45, 2.75) is 31.4 Å². The van der Waals surface area contributed by atoms with Gasteiger partial charge in [-0.05, 0) is 38.5 Å². The smallest absolute Gasteiger partial charge is 0.327 e. The van der Waals surface area contributed by atoms with Gasteiger partial charge in [0.05, 0.1) is 21.8 Å². The van der Waals surface area contributed by atoms with Gasteiger partial charge in [-0.1, -0.05) is 15.9 Å². The molecular formula is C15H18BrNO4S2. The van der Waals surface area contributed by atoms with E-state index >= 15 is 0 Å². The van der Waals surface area contributed by atoms with Crippen LogP contribution in [0.3, 0.4) is 0 Å². The number of esters is 1. The predicted molar refractivity (Wildman–Crippen MR) is 95.5 cm³/mol. The second kappa shape index (κ2) is 6.86. The number of thiazole rings is 1. The summed E-state index contributed by atoms with van der Waals surface area (Å²) in [6, 6.07) is 5.78. The highest BCUT2D eigenvalue weighted by Crippen LogP contribution is 2.29. The Balaban J connectivity index is 2.25. The van der Waals surface area contributed by atoms with Gasteiger partial charge in [0.2, 0.25) is 0 Å². The molecule has 0 fully saturated rings.